The first-order chi connectivity index (χ1) is 15.6. The maximum Gasteiger partial charge on any atom is 0.410 e. The second kappa shape index (κ2) is 8.67. The number of aliphatic hydroxyl groups is 1. The molecule has 0 aromatic heterocycles. The third kappa shape index (κ3) is 3.84. The van der Waals surface area contributed by atoms with Gasteiger partial charge in [-0.2, -0.15) is 0 Å². The molecule has 2 heterocycles. The smallest absolute Gasteiger partial charge is 0.410 e. The minimum absolute atomic E-state index is 0.0349. The molecule has 3 aromatic rings. The van der Waals surface area contributed by atoms with Crippen LogP contribution in [0.25, 0.3) is 11.1 Å². The number of nitrogens with zero attached hydrogens (tertiary/aromatic N) is 1. The molecule has 0 bridgehead atoms. The SMILES string of the molecule is Cc1ccc(-c2ccc3c(c2)[C@@H]2[C@@H](CCN2C(=O)OCc2ccccc2)[C@H](CO)N3)cc1. The number of anilines is 1. The molecule has 1 saturated heterocycles. The van der Waals surface area contributed by atoms with Crippen LogP contribution in [0.3, 0.4) is 0 Å². The summed E-state index contributed by atoms with van der Waals surface area (Å²) in [7, 11) is 0. The molecule has 1 amide bonds. The number of hydrogen-bond acceptors (Lipinski definition) is 4. The largest absolute Gasteiger partial charge is 0.445 e. The van der Waals surface area contributed by atoms with Gasteiger partial charge in [-0.3, -0.25) is 0 Å². The van der Waals surface area contributed by atoms with Crippen molar-refractivity contribution in [2.45, 2.75) is 32.0 Å². The summed E-state index contributed by atoms with van der Waals surface area (Å²) in [5.41, 5.74) is 6.53. The van der Waals surface area contributed by atoms with E-state index in [1.54, 1.807) is 0 Å². The standard InChI is InChI=1S/C27H28N2O3/c1-18-7-9-20(10-8-18)21-11-12-24-23(15-21)26-22(25(16-30)28-24)13-14-29(26)27(31)32-17-19-5-3-2-4-6-19/h2-12,15,22,25-26,28,30H,13-14,16-17H2,1H3/t22-,25-,26-/m0/s1. The van der Waals surface area contributed by atoms with Gasteiger partial charge in [0.15, 0.2) is 0 Å². The molecular formula is C27H28N2O3. The summed E-state index contributed by atoms with van der Waals surface area (Å²) in [6.07, 6.45) is 0.531. The van der Waals surface area contributed by atoms with Crippen LogP contribution < -0.4 is 5.32 Å². The molecule has 5 nitrogen and oxygen atoms in total. The van der Waals surface area contributed by atoms with Crippen LogP contribution >= 0.6 is 0 Å². The number of ether oxygens (including phenoxy) is 1. The van der Waals surface area contributed by atoms with Gasteiger partial charge in [-0.1, -0.05) is 66.2 Å². The maximum atomic E-state index is 13.1. The van der Waals surface area contributed by atoms with Gasteiger partial charge in [-0.05, 0) is 47.7 Å². The van der Waals surface area contributed by atoms with E-state index < -0.39 is 0 Å². The maximum absolute atomic E-state index is 13.1. The van der Waals surface area contributed by atoms with Crippen LogP contribution in [0.2, 0.25) is 0 Å². The molecule has 1 fully saturated rings. The quantitative estimate of drug-likeness (QED) is 0.603. The summed E-state index contributed by atoms with van der Waals surface area (Å²) in [4.78, 5) is 14.9. The fourth-order valence-electron chi connectivity index (χ4n) is 5.00. The molecule has 3 atom stereocenters. The highest BCUT2D eigenvalue weighted by molar-refractivity contribution is 5.74. The van der Waals surface area contributed by atoms with Crippen molar-refractivity contribution in [1.82, 2.24) is 4.90 Å². The lowest BCUT2D eigenvalue weighted by Crippen LogP contribution is -2.43. The minimum Gasteiger partial charge on any atom is -0.445 e. The van der Waals surface area contributed by atoms with Gasteiger partial charge in [0, 0.05) is 18.2 Å². The van der Waals surface area contributed by atoms with Gasteiger partial charge in [-0.25, -0.2) is 4.79 Å². The summed E-state index contributed by atoms with van der Waals surface area (Å²) in [5, 5.41) is 13.5. The number of likely N-dealkylation sites (tertiary alicyclic amines) is 1. The number of amides is 1. The zero-order chi connectivity index (χ0) is 22.1. The molecule has 0 aliphatic carbocycles. The average molecular weight is 429 g/mol. The highest BCUT2D eigenvalue weighted by Crippen LogP contribution is 2.47. The summed E-state index contributed by atoms with van der Waals surface area (Å²) in [6, 6.07) is 24.4. The van der Waals surface area contributed by atoms with Crippen molar-refractivity contribution < 1.29 is 14.6 Å². The summed E-state index contributed by atoms with van der Waals surface area (Å²) in [5.74, 6) is 0.144. The predicted molar refractivity (Wildman–Crippen MR) is 125 cm³/mol. The third-order valence-electron chi connectivity index (χ3n) is 6.69. The number of aryl methyl sites for hydroxylation is 1. The second-order valence-electron chi connectivity index (χ2n) is 8.73. The Morgan fingerprint density at radius 2 is 1.81 bits per heavy atom. The van der Waals surface area contributed by atoms with E-state index in [1.165, 1.54) is 5.56 Å². The van der Waals surface area contributed by atoms with Gasteiger partial charge >= 0.3 is 6.09 Å². The highest BCUT2D eigenvalue weighted by atomic mass is 16.6. The third-order valence-corrected chi connectivity index (χ3v) is 6.69. The second-order valence-corrected chi connectivity index (χ2v) is 8.73. The molecule has 3 aromatic carbocycles. The van der Waals surface area contributed by atoms with E-state index in [2.05, 4.69) is 54.7 Å². The first-order valence-electron chi connectivity index (χ1n) is 11.2. The van der Waals surface area contributed by atoms with Crippen molar-refractivity contribution in [3.8, 4) is 11.1 Å². The normalized spacial score (nSPS) is 21.4. The molecule has 0 spiro atoms. The molecule has 0 radical (unpaired) electrons. The van der Waals surface area contributed by atoms with E-state index >= 15 is 0 Å². The molecular weight excluding hydrogens is 400 g/mol. The number of rotatable bonds is 4. The molecule has 2 N–H and O–H groups in total. The van der Waals surface area contributed by atoms with Crippen LogP contribution in [0, 0.1) is 12.8 Å². The van der Waals surface area contributed by atoms with Crippen LogP contribution in [-0.2, 0) is 11.3 Å². The van der Waals surface area contributed by atoms with Crippen molar-refractivity contribution in [1.29, 1.82) is 0 Å². The van der Waals surface area contributed by atoms with Gasteiger partial charge in [0.25, 0.3) is 0 Å². The first kappa shape index (κ1) is 20.6. The topological polar surface area (TPSA) is 61.8 Å². The molecule has 5 heteroatoms. The zero-order valence-electron chi connectivity index (χ0n) is 18.2. The van der Waals surface area contributed by atoms with Gasteiger partial charge in [-0.15, -0.1) is 0 Å². The number of benzene rings is 3. The van der Waals surface area contributed by atoms with Crippen molar-refractivity contribution in [2.24, 2.45) is 5.92 Å². The lowest BCUT2D eigenvalue weighted by atomic mass is 9.82. The van der Waals surface area contributed by atoms with E-state index in [4.69, 9.17) is 4.74 Å². The lowest BCUT2D eigenvalue weighted by molar-refractivity contribution is 0.0845. The summed E-state index contributed by atoms with van der Waals surface area (Å²) < 4.78 is 5.68. The van der Waals surface area contributed by atoms with Crippen LogP contribution in [0.15, 0.2) is 72.8 Å². The van der Waals surface area contributed by atoms with Crippen molar-refractivity contribution in [3.63, 3.8) is 0 Å². The van der Waals surface area contributed by atoms with E-state index in [0.717, 1.165) is 34.4 Å². The fourth-order valence-corrected chi connectivity index (χ4v) is 5.00. The van der Waals surface area contributed by atoms with Crippen LogP contribution in [0.5, 0.6) is 0 Å². The number of carbonyl (C=O) groups is 1. The van der Waals surface area contributed by atoms with Gasteiger partial charge < -0.3 is 20.1 Å². The zero-order valence-corrected chi connectivity index (χ0v) is 18.2. The molecule has 0 saturated carbocycles. The first-order valence-corrected chi connectivity index (χ1v) is 11.2. The number of nitrogens with one attached hydrogen (secondary N) is 1. The Bertz CT molecular complexity index is 1100. The van der Waals surface area contributed by atoms with Crippen LogP contribution in [-0.4, -0.2) is 35.3 Å². The number of aliphatic hydroxyl groups excluding tert-OH is 1. The van der Waals surface area contributed by atoms with E-state index in [0.29, 0.717) is 6.54 Å². The summed E-state index contributed by atoms with van der Waals surface area (Å²) >= 11 is 0. The Labute approximate surface area is 188 Å². The number of fused-ring (bicyclic) bond motifs is 3. The Balaban J connectivity index is 1.45. The lowest BCUT2D eigenvalue weighted by Gasteiger charge is -2.39. The monoisotopic (exact) mass is 428 g/mol. The average Bonchev–Trinajstić information content (AvgIpc) is 3.29. The Hall–Kier alpha value is -3.31. The predicted octanol–water partition coefficient (Wildman–Crippen LogP) is 5.15. The van der Waals surface area contributed by atoms with E-state index in [9.17, 15) is 9.90 Å². The van der Waals surface area contributed by atoms with Gasteiger partial charge in [0.2, 0.25) is 0 Å². The molecule has 0 unspecified atom stereocenters. The van der Waals surface area contributed by atoms with E-state index in [-0.39, 0.29) is 37.3 Å². The van der Waals surface area contributed by atoms with E-state index in [1.807, 2.05) is 35.2 Å². The molecule has 2 aliphatic heterocycles. The Morgan fingerprint density at radius 3 is 2.56 bits per heavy atom. The molecule has 32 heavy (non-hydrogen) atoms. The molecule has 2 aliphatic rings. The van der Waals surface area contributed by atoms with Crippen molar-refractivity contribution in [2.75, 3.05) is 18.5 Å². The van der Waals surface area contributed by atoms with Crippen LogP contribution in [0.4, 0.5) is 10.5 Å². The minimum atomic E-state index is -0.299. The van der Waals surface area contributed by atoms with Crippen molar-refractivity contribution >= 4 is 11.8 Å². The fraction of sp³-hybridized carbons (Fsp3) is 0.296. The highest BCUT2D eigenvalue weighted by Gasteiger charge is 2.46. The number of carbonyl (C=O) groups excluding carboxylic acids is 1. The van der Waals surface area contributed by atoms with Gasteiger partial charge in [0.05, 0.1) is 18.7 Å². The Kier molecular flexibility index (Phi) is 5.58. The molecule has 5 rings (SSSR count). The van der Waals surface area contributed by atoms with Crippen LogP contribution in [0.1, 0.15) is 29.2 Å². The molecule has 164 valence electrons. The van der Waals surface area contributed by atoms with Gasteiger partial charge in [0.1, 0.15) is 6.61 Å². The summed E-state index contributed by atoms with van der Waals surface area (Å²) in [6.45, 7) is 2.99. The number of hydrogen-bond donors (Lipinski definition) is 2. The Morgan fingerprint density at radius 1 is 1.06 bits per heavy atom. The van der Waals surface area contributed by atoms with Crippen molar-refractivity contribution in [3.05, 3.63) is 89.5 Å².